The Bertz CT molecular complexity index is 2590. The zero-order valence-corrected chi connectivity index (χ0v) is 32.4. The van der Waals surface area contributed by atoms with E-state index in [1.807, 2.05) is 0 Å². The number of nitrogens with one attached hydrogen (secondary N) is 1. The van der Waals surface area contributed by atoms with Gasteiger partial charge in [0.05, 0.1) is 6.04 Å². The van der Waals surface area contributed by atoms with Crippen LogP contribution in [0.25, 0.3) is 27.1 Å². The fraction of sp³-hybridized carbons (Fsp3) is 0.200. The fourth-order valence-electron chi connectivity index (χ4n) is 10.3. The van der Waals surface area contributed by atoms with E-state index in [1.54, 1.807) is 11.1 Å². The smallest absolute Gasteiger partial charge is 0.0516 e. The molecule has 0 fully saturated rings. The number of aryl methyl sites for hydroxylation is 1. The summed E-state index contributed by atoms with van der Waals surface area (Å²) in [5.74, 6) is 2.11. The highest BCUT2D eigenvalue weighted by Crippen LogP contribution is 2.52. The van der Waals surface area contributed by atoms with Gasteiger partial charge in [0.1, 0.15) is 0 Å². The summed E-state index contributed by atoms with van der Waals surface area (Å²) in [7, 11) is 0. The number of rotatable bonds is 9. The van der Waals surface area contributed by atoms with E-state index in [-0.39, 0.29) is 12.1 Å². The molecule has 3 N–H and O–H groups in total. The van der Waals surface area contributed by atoms with Crippen molar-refractivity contribution in [1.29, 1.82) is 0 Å². The third kappa shape index (κ3) is 6.94. The van der Waals surface area contributed by atoms with Crippen LogP contribution in [0.1, 0.15) is 42.0 Å². The maximum absolute atomic E-state index is 7.04. The van der Waals surface area contributed by atoms with Crippen molar-refractivity contribution >= 4 is 32.8 Å². The molecular weight excluding hydrogens is 689 g/mol. The van der Waals surface area contributed by atoms with Crippen LogP contribution in [0.3, 0.4) is 0 Å². The lowest BCUT2D eigenvalue weighted by Gasteiger charge is -2.46. The number of nitrogens with two attached hydrogens (primary N) is 1. The molecule has 5 aliphatic carbocycles. The number of hydrogen-bond acceptors (Lipinski definition) is 2. The van der Waals surface area contributed by atoms with Crippen LogP contribution in [0.2, 0.25) is 0 Å². The van der Waals surface area contributed by atoms with E-state index < -0.39 is 0 Å². The van der Waals surface area contributed by atoms with E-state index in [2.05, 4.69) is 200 Å². The molecule has 10 rings (SSSR count). The highest BCUT2D eigenvalue weighted by Gasteiger charge is 2.44. The predicted octanol–water partition coefficient (Wildman–Crippen LogP) is 13.0. The highest BCUT2D eigenvalue weighted by atomic mass is 14.9. The van der Waals surface area contributed by atoms with Gasteiger partial charge in [0.2, 0.25) is 0 Å². The second-order valence-corrected chi connectivity index (χ2v) is 16.4. The fourth-order valence-corrected chi connectivity index (χ4v) is 10.3. The van der Waals surface area contributed by atoms with E-state index in [0.717, 1.165) is 36.9 Å². The largest absolute Gasteiger partial charge is 0.378 e. The maximum Gasteiger partial charge on any atom is 0.0516 e. The predicted molar refractivity (Wildman–Crippen MR) is 242 cm³/mol. The molecule has 5 aromatic rings. The molecule has 7 atom stereocenters. The van der Waals surface area contributed by atoms with Gasteiger partial charge in [-0.15, -0.1) is 0 Å². The Kier molecular flexibility index (Phi) is 9.66. The molecule has 5 aromatic carbocycles. The molecule has 0 aliphatic heterocycles. The van der Waals surface area contributed by atoms with Crippen molar-refractivity contribution in [1.82, 2.24) is 0 Å². The first-order chi connectivity index (χ1) is 28.2. The van der Waals surface area contributed by atoms with Crippen molar-refractivity contribution in [3.8, 4) is 0 Å². The summed E-state index contributed by atoms with van der Waals surface area (Å²) in [5, 5.41) is 9.21. The van der Waals surface area contributed by atoms with Crippen molar-refractivity contribution in [2.45, 2.75) is 37.8 Å². The number of fused-ring (bicyclic) bond motifs is 7. The summed E-state index contributed by atoms with van der Waals surface area (Å²) >= 11 is 0. The molecule has 280 valence electrons. The monoisotopic (exact) mass is 738 g/mol. The minimum absolute atomic E-state index is 0.176. The van der Waals surface area contributed by atoms with Gasteiger partial charge < -0.3 is 11.1 Å². The molecule has 0 heterocycles. The van der Waals surface area contributed by atoms with Gasteiger partial charge in [-0.1, -0.05) is 182 Å². The van der Waals surface area contributed by atoms with Crippen LogP contribution in [0.5, 0.6) is 0 Å². The van der Waals surface area contributed by atoms with Crippen LogP contribution in [-0.4, -0.2) is 6.04 Å². The Morgan fingerprint density at radius 2 is 1.44 bits per heavy atom. The normalized spacial score (nSPS) is 25.3. The third-order valence-electron chi connectivity index (χ3n) is 13.1. The van der Waals surface area contributed by atoms with Crippen molar-refractivity contribution in [3.63, 3.8) is 0 Å². The van der Waals surface area contributed by atoms with Gasteiger partial charge >= 0.3 is 0 Å². The Morgan fingerprint density at radius 1 is 0.702 bits per heavy atom. The van der Waals surface area contributed by atoms with Crippen molar-refractivity contribution < 1.29 is 0 Å². The van der Waals surface area contributed by atoms with Crippen LogP contribution in [-0.2, 0) is 6.42 Å². The molecule has 0 amide bonds. The van der Waals surface area contributed by atoms with E-state index >= 15 is 0 Å². The molecule has 0 spiro atoms. The second-order valence-electron chi connectivity index (χ2n) is 16.4. The molecule has 5 aliphatic rings. The van der Waals surface area contributed by atoms with Crippen LogP contribution in [0.4, 0.5) is 5.69 Å². The first-order valence-corrected chi connectivity index (χ1v) is 21.0. The van der Waals surface area contributed by atoms with E-state index in [4.69, 9.17) is 5.73 Å². The zero-order chi connectivity index (χ0) is 38.1. The molecule has 2 nitrogen and oxygen atoms in total. The van der Waals surface area contributed by atoms with Gasteiger partial charge in [-0.3, -0.25) is 0 Å². The molecule has 57 heavy (non-hydrogen) atoms. The number of allylic oxidation sites excluding steroid dienone is 15. The standard InChI is InChI=1S/C55H50N2/c56-53(36-40(37-14-2-1-3-15-37)26-27-43-34-41-17-5-7-19-45(41)49-23-11-10-20-46(43)49)39-28-31-44(32-29-39)57-54-25-13-12-24-50(54)52-35-42-18-6-8-21-47(42)51-33-30-38-16-4-9-22-48(38)55(51)52/h1-7,9-20,22-25,28-36,38,48,50,52-55,57H,8,21,26-27,56H2/b40-36+. The first-order valence-electron chi connectivity index (χ1n) is 21.0. The van der Waals surface area contributed by atoms with Gasteiger partial charge in [0.25, 0.3) is 0 Å². The van der Waals surface area contributed by atoms with E-state index in [1.165, 1.54) is 43.8 Å². The number of benzene rings is 5. The Labute approximate surface area is 337 Å². The molecule has 0 bridgehead atoms. The third-order valence-corrected chi connectivity index (χ3v) is 13.1. The Hall–Kier alpha value is -5.96. The summed E-state index contributed by atoms with van der Waals surface area (Å²) in [4.78, 5) is 0. The quantitative estimate of drug-likeness (QED) is 0.148. The van der Waals surface area contributed by atoms with Gasteiger partial charge in [0, 0.05) is 23.6 Å². The van der Waals surface area contributed by atoms with Crippen LogP contribution in [0.15, 0.2) is 211 Å². The van der Waals surface area contributed by atoms with Crippen LogP contribution < -0.4 is 11.1 Å². The maximum atomic E-state index is 7.04. The summed E-state index contributed by atoms with van der Waals surface area (Å²) < 4.78 is 0. The topological polar surface area (TPSA) is 38.0 Å². The average molecular weight is 739 g/mol. The molecule has 7 unspecified atom stereocenters. The first kappa shape index (κ1) is 35.5. The summed E-state index contributed by atoms with van der Waals surface area (Å²) in [5.41, 5.74) is 17.7. The highest BCUT2D eigenvalue weighted by molar-refractivity contribution is 6.09. The lowest BCUT2D eigenvalue weighted by molar-refractivity contribution is 0.254. The number of hydrogen-bond donors (Lipinski definition) is 2. The number of anilines is 1. The second kappa shape index (κ2) is 15.5. The SMILES string of the molecule is NC(/C=C(\CCc1cc2ccccc2c2ccccc12)c1ccccc1)c1ccc(NC2C=CC=CC2C2C=C3C=CCCC3=C3C=CC4C=CC=CC4C32)cc1. The molecule has 2 heteroatoms. The van der Waals surface area contributed by atoms with Crippen molar-refractivity contribution in [3.05, 3.63) is 228 Å². The van der Waals surface area contributed by atoms with Crippen molar-refractivity contribution in [2.75, 3.05) is 5.32 Å². The zero-order valence-electron chi connectivity index (χ0n) is 32.4. The minimum Gasteiger partial charge on any atom is -0.378 e. The molecule has 0 saturated carbocycles. The molecule has 0 radical (unpaired) electrons. The Balaban J connectivity index is 0.895. The summed E-state index contributed by atoms with van der Waals surface area (Å²) in [6.45, 7) is 0. The van der Waals surface area contributed by atoms with Crippen LogP contribution >= 0.6 is 0 Å². The van der Waals surface area contributed by atoms with Crippen LogP contribution in [0, 0.1) is 29.6 Å². The van der Waals surface area contributed by atoms with E-state index in [0.29, 0.717) is 29.6 Å². The molecule has 0 aromatic heterocycles. The minimum atomic E-state index is -0.227. The van der Waals surface area contributed by atoms with E-state index in [9.17, 15) is 0 Å². The summed E-state index contributed by atoms with van der Waals surface area (Å²) in [6.07, 6.45) is 37.3. The summed E-state index contributed by atoms with van der Waals surface area (Å²) in [6, 6.07) is 39.5. The molecule has 0 saturated heterocycles. The average Bonchev–Trinajstić information content (AvgIpc) is 3.28. The van der Waals surface area contributed by atoms with Gasteiger partial charge in [-0.2, -0.15) is 0 Å². The lowest BCUT2D eigenvalue weighted by Crippen LogP contribution is -2.42. The van der Waals surface area contributed by atoms with Gasteiger partial charge in [-0.25, -0.2) is 0 Å². The lowest BCUT2D eigenvalue weighted by atomic mass is 9.58. The molecular formula is C55H50N2. The van der Waals surface area contributed by atoms with Gasteiger partial charge in [-0.05, 0) is 116 Å². The Morgan fingerprint density at radius 3 is 2.30 bits per heavy atom. The van der Waals surface area contributed by atoms with Crippen molar-refractivity contribution in [2.24, 2.45) is 35.3 Å². The van der Waals surface area contributed by atoms with Gasteiger partial charge in [0.15, 0.2) is 0 Å².